The Morgan fingerprint density at radius 2 is 1.88 bits per heavy atom. The van der Waals surface area contributed by atoms with Gasteiger partial charge in [-0.05, 0) is 50.1 Å². The molecule has 24 heavy (non-hydrogen) atoms. The van der Waals surface area contributed by atoms with Crippen LogP contribution in [-0.4, -0.2) is 19.1 Å². The molecule has 0 aliphatic heterocycles. The summed E-state index contributed by atoms with van der Waals surface area (Å²) in [6.07, 6.45) is -0.0581. The molecule has 0 spiro atoms. The molecule has 2 aromatic carbocycles. The van der Waals surface area contributed by atoms with Crippen molar-refractivity contribution >= 4 is 23.2 Å². The van der Waals surface area contributed by atoms with Crippen LogP contribution < -0.4 is 14.8 Å². The van der Waals surface area contributed by atoms with Gasteiger partial charge in [-0.15, -0.1) is 0 Å². The van der Waals surface area contributed by atoms with Crippen LogP contribution in [0.5, 0.6) is 11.5 Å². The predicted molar refractivity (Wildman–Crippen MR) is 97.3 cm³/mol. The minimum atomic E-state index is -0.602. The molecule has 1 amide bonds. The second-order valence-corrected chi connectivity index (χ2v) is 6.05. The lowest BCUT2D eigenvalue weighted by atomic mass is 10.1. The van der Waals surface area contributed by atoms with Gasteiger partial charge >= 0.3 is 0 Å². The number of carbonyl (C=O) groups excluding carboxylic acids is 1. The van der Waals surface area contributed by atoms with E-state index in [0.717, 1.165) is 11.1 Å². The van der Waals surface area contributed by atoms with Gasteiger partial charge in [0, 0.05) is 5.02 Å². The largest absolute Gasteiger partial charge is 0.495 e. The number of methoxy groups -OCH3 is 1. The Bertz CT molecular complexity index is 731. The first-order valence-corrected chi connectivity index (χ1v) is 8.20. The summed E-state index contributed by atoms with van der Waals surface area (Å²) in [5, 5.41) is 3.35. The second kappa shape index (κ2) is 8.06. The molecule has 0 fully saturated rings. The number of hydrogen-bond donors (Lipinski definition) is 1. The molecule has 2 rings (SSSR count). The summed E-state index contributed by atoms with van der Waals surface area (Å²) in [7, 11) is 1.54. The van der Waals surface area contributed by atoms with Gasteiger partial charge in [0.05, 0.1) is 12.8 Å². The van der Waals surface area contributed by atoms with Crippen molar-refractivity contribution < 1.29 is 14.3 Å². The summed E-state index contributed by atoms with van der Waals surface area (Å²) in [6, 6.07) is 11.0. The molecule has 128 valence electrons. The fourth-order valence-electron chi connectivity index (χ4n) is 2.40. The maximum atomic E-state index is 12.6. The Balaban J connectivity index is 2.16. The Kier molecular flexibility index (Phi) is 6.10. The van der Waals surface area contributed by atoms with E-state index in [1.54, 1.807) is 25.3 Å². The van der Waals surface area contributed by atoms with Crippen LogP contribution in [0.15, 0.2) is 36.4 Å². The van der Waals surface area contributed by atoms with Crippen LogP contribution in [-0.2, 0) is 4.79 Å². The molecule has 2 aromatic rings. The monoisotopic (exact) mass is 347 g/mol. The zero-order valence-electron chi connectivity index (χ0n) is 14.4. The number of nitrogens with one attached hydrogen (secondary N) is 1. The molecule has 0 saturated heterocycles. The van der Waals surface area contributed by atoms with Gasteiger partial charge in [-0.1, -0.05) is 36.2 Å². The van der Waals surface area contributed by atoms with Crippen molar-refractivity contribution in [3.8, 4) is 11.5 Å². The van der Waals surface area contributed by atoms with E-state index in [0.29, 0.717) is 28.6 Å². The van der Waals surface area contributed by atoms with E-state index in [2.05, 4.69) is 5.32 Å². The van der Waals surface area contributed by atoms with Crippen LogP contribution in [0.4, 0.5) is 5.69 Å². The minimum Gasteiger partial charge on any atom is -0.495 e. The van der Waals surface area contributed by atoms with E-state index >= 15 is 0 Å². The number of carbonyl (C=O) groups is 1. The van der Waals surface area contributed by atoms with Gasteiger partial charge in [0.25, 0.3) is 5.91 Å². The number of amides is 1. The number of anilines is 1. The van der Waals surface area contributed by atoms with Gasteiger partial charge in [0.2, 0.25) is 0 Å². The standard InChI is InChI=1S/C19H22ClNO3/c1-5-16(24-17-8-6-12(2)10-13(17)3)19(22)21-15-11-14(20)7-9-18(15)23-4/h6-11,16H,5H2,1-4H3,(H,21,22)/t16-/m0/s1. The van der Waals surface area contributed by atoms with E-state index in [-0.39, 0.29) is 5.91 Å². The minimum absolute atomic E-state index is 0.238. The number of rotatable bonds is 6. The number of hydrogen-bond acceptors (Lipinski definition) is 3. The number of benzene rings is 2. The maximum absolute atomic E-state index is 12.6. The summed E-state index contributed by atoms with van der Waals surface area (Å²) in [5.74, 6) is 1.02. The summed E-state index contributed by atoms with van der Waals surface area (Å²) < 4.78 is 11.2. The lowest BCUT2D eigenvalue weighted by molar-refractivity contribution is -0.122. The summed E-state index contributed by atoms with van der Waals surface area (Å²) in [4.78, 5) is 12.6. The van der Waals surface area contributed by atoms with Gasteiger partial charge < -0.3 is 14.8 Å². The maximum Gasteiger partial charge on any atom is 0.265 e. The van der Waals surface area contributed by atoms with Crippen LogP contribution in [0.1, 0.15) is 24.5 Å². The molecule has 0 heterocycles. The first-order chi connectivity index (χ1) is 11.4. The molecule has 0 bridgehead atoms. The third-order valence-electron chi connectivity index (χ3n) is 3.68. The molecule has 4 nitrogen and oxygen atoms in total. The van der Waals surface area contributed by atoms with E-state index in [1.165, 1.54) is 0 Å². The third-order valence-corrected chi connectivity index (χ3v) is 3.92. The highest BCUT2D eigenvalue weighted by Crippen LogP contribution is 2.28. The predicted octanol–water partition coefficient (Wildman–Crippen LogP) is 4.76. The fraction of sp³-hybridized carbons (Fsp3) is 0.316. The average Bonchev–Trinajstić information content (AvgIpc) is 2.54. The van der Waals surface area contributed by atoms with Crippen LogP contribution in [0.25, 0.3) is 0 Å². The zero-order valence-corrected chi connectivity index (χ0v) is 15.1. The molecule has 0 unspecified atom stereocenters. The highest BCUT2D eigenvalue weighted by atomic mass is 35.5. The SMILES string of the molecule is CC[C@H](Oc1ccc(C)cc1C)C(=O)Nc1cc(Cl)ccc1OC. The summed E-state index contributed by atoms with van der Waals surface area (Å²) in [6.45, 7) is 5.89. The van der Waals surface area contributed by atoms with Gasteiger partial charge in [-0.3, -0.25) is 4.79 Å². The highest BCUT2D eigenvalue weighted by Gasteiger charge is 2.20. The molecule has 0 saturated carbocycles. The van der Waals surface area contributed by atoms with Crippen LogP contribution in [0.3, 0.4) is 0 Å². The Morgan fingerprint density at radius 1 is 1.17 bits per heavy atom. The summed E-state index contributed by atoms with van der Waals surface area (Å²) in [5.41, 5.74) is 2.68. The van der Waals surface area contributed by atoms with Crippen LogP contribution in [0.2, 0.25) is 5.02 Å². The lowest BCUT2D eigenvalue weighted by Crippen LogP contribution is -2.32. The lowest BCUT2D eigenvalue weighted by Gasteiger charge is -2.19. The van der Waals surface area contributed by atoms with Crippen molar-refractivity contribution in [2.45, 2.75) is 33.3 Å². The second-order valence-electron chi connectivity index (χ2n) is 5.62. The van der Waals surface area contributed by atoms with Crippen molar-refractivity contribution in [3.05, 3.63) is 52.5 Å². The van der Waals surface area contributed by atoms with Crippen molar-refractivity contribution in [1.29, 1.82) is 0 Å². The first-order valence-electron chi connectivity index (χ1n) is 7.83. The normalized spacial score (nSPS) is 11.7. The number of aryl methyl sites for hydroxylation is 2. The Labute approximate surface area is 147 Å². The van der Waals surface area contributed by atoms with Gasteiger partial charge in [0.15, 0.2) is 6.10 Å². The fourth-order valence-corrected chi connectivity index (χ4v) is 2.57. The molecule has 1 atom stereocenters. The van der Waals surface area contributed by atoms with Crippen molar-refractivity contribution in [2.24, 2.45) is 0 Å². The van der Waals surface area contributed by atoms with Gasteiger partial charge in [-0.2, -0.15) is 0 Å². The smallest absolute Gasteiger partial charge is 0.265 e. The van der Waals surface area contributed by atoms with E-state index in [9.17, 15) is 4.79 Å². The highest BCUT2D eigenvalue weighted by molar-refractivity contribution is 6.31. The Hall–Kier alpha value is -2.20. The van der Waals surface area contributed by atoms with Crippen molar-refractivity contribution in [2.75, 3.05) is 12.4 Å². The van der Waals surface area contributed by atoms with Crippen LogP contribution in [0, 0.1) is 13.8 Å². The van der Waals surface area contributed by atoms with E-state index in [4.69, 9.17) is 21.1 Å². The molecular formula is C19H22ClNO3. The molecule has 0 radical (unpaired) electrons. The molecular weight excluding hydrogens is 326 g/mol. The quantitative estimate of drug-likeness (QED) is 0.819. The molecule has 0 aromatic heterocycles. The van der Waals surface area contributed by atoms with E-state index in [1.807, 2.05) is 39.0 Å². The topological polar surface area (TPSA) is 47.6 Å². The van der Waals surface area contributed by atoms with Crippen molar-refractivity contribution in [3.63, 3.8) is 0 Å². The van der Waals surface area contributed by atoms with Crippen molar-refractivity contribution in [1.82, 2.24) is 0 Å². The van der Waals surface area contributed by atoms with Gasteiger partial charge in [-0.25, -0.2) is 0 Å². The zero-order chi connectivity index (χ0) is 17.7. The molecule has 0 aliphatic rings. The van der Waals surface area contributed by atoms with Gasteiger partial charge in [0.1, 0.15) is 11.5 Å². The van der Waals surface area contributed by atoms with Crippen LogP contribution >= 0.6 is 11.6 Å². The molecule has 0 aliphatic carbocycles. The number of ether oxygens (including phenoxy) is 2. The number of halogens is 1. The Morgan fingerprint density at radius 3 is 2.50 bits per heavy atom. The third kappa shape index (κ3) is 4.42. The molecule has 1 N–H and O–H groups in total. The molecule has 5 heteroatoms. The first kappa shape index (κ1) is 18.1. The summed E-state index contributed by atoms with van der Waals surface area (Å²) >= 11 is 6.00. The average molecular weight is 348 g/mol. The van der Waals surface area contributed by atoms with E-state index < -0.39 is 6.10 Å².